The predicted octanol–water partition coefficient (Wildman–Crippen LogP) is 3.17. The van der Waals surface area contributed by atoms with Crippen LogP contribution in [0.4, 0.5) is 15.8 Å². The van der Waals surface area contributed by atoms with Crippen molar-refractivity contribution in [1.82, 2.24) is 0 Å². The fourth-order valence-corrected chi connectivity index (χ4v) is 1.35. The van der Waals surface area contributed by atoms with E-state index in [9.17, 15) is 9.18 Å². The van der Waals surface area contributed by atoms with Crippen molar-refractivity contribution in [3.05, 3.63) is 24.0 Å². The zero-order chi connectivity index (χ0) is 13.1. The fourth-order valence-electron chi connectivity index (χ4n) is 1.35. The molecule has 17 heavy (non-hydrogen) atoms. The zero-order valence-corrected chi connectivity index (χ0v) is 10.5. The highest BCUT2D eigenvalue weighted by atomic mass is 19.1. The summed E-state index contributed by atoms with van der Waals surface area (Å²) in [6.45, 7) is 6.23. The third-order valence-corrected chi connectivity index (χ3v) is 2.39. The molecule has 0 aliphatic rings. The number of hydrogen-bond donors (Lipinski definition) is 2. The van der Waals surface area contributed by atoms with Gasteiger partial charge in [0.25, 0.3) is 0 Å². The van der Waals surface area contributed by atoms with Gasteiger partial charge < -0.3 is 11.1 Å². The molecule has 3 N–H and O–H groups in total. The van der Waals surface area contributed by atoms with Gasteiger partial charge in [0.15, 0.2) is 0 Å². The minimum Gasteiger partial charge on any atom is -0.397 e. The second-order valence-corrected chi connectivity index (χ2v) is 5.34. The van der Waals surface area contributed by atoms with Gasteiger partial charge in [0.05, 0.1) is 11.4 Å². The van der Waals surface area contributed by atoms with Crippen LogP contribution in [0.3, 0.4) is 0 Å². The van der Waals surface area contributed by atoms with Crippen molar-refractivity contribution in [2.75, 3.05) is 11.1 Å². The highest BCUT2D eigenvalue weighted by Gasteiger charge is 2.13. The van der Waals surface area contributed by atoms with Crippen LogP contribution >= 0.6 is 0 Å². The number of nitrogens with one attached hydrogen (secondary N) is 1. The molecule has 0 aliphatic heterocycles. The van der Waals surface area contributed by atoms with Crippen LogP contribution in [0.15, 0.2) is 18.2 Å². The number of nitrogens with two attached hydrogens (primary N) is 1. The lowest BCUT2D eigenvalue weighted by atomic mass is 9.90. The molecule has 94 valence electrons. The van der Waals surface area contributed by atoms with Gasteiger partial charge >= 0.3 is 0 Å². The van der Waals surface area contributed by atoms with Crippen LogP contribution in [0.2, 0.25) is 0 Å². The summed E-state index contributed by atoms with van der Waals surface area (Å²) in [5.41, 5.74) is 6.42. The maximum Gasteiger partial charge on any atom is 0.224 e. The first-order chi connectivity index (χ1) is 7.78. The molecule has 4 heteroatoms. The molecule has 0 spiro atoms. The number of carbonyl (C=O) groups excluding carboxylic acids is 1. The van der Waals surface area contributed by atoms with Crippen molar-refractivity contribution < 1.29 is 9.18 Å². The van der Waals surface area contributed by atoms with Crippen LogP contribution in [0.1, 0.15) is 33.6 Å². The van der Waals surface area contributed by atoms with Crippen molar-refractivity contribution in [3.8, 4) is 0 Å². The molecule has 3 nitrogen and oxygen atoms in total. The third-order valence-electron chi connectivity index (χ3n) is 2.39. The Balaban J connectivity index is 2.57. The summed E-state index contributed by atoms with van der Waals surface area (Å²) in [4.78, 5) is 11.6. The molecule has 0 atom stereocenters. The lowest BCUT2D eigenvalue weighted by Crippen LogP contribution is -2.16. The molecule has 1 amide bonds. The highest BCUT2D eigenvalue weighted by Crippen LogP contribution is 2.22. The van der Waals surface area contributed by atoms with Crippen LogP contribution in [-0.4, -0.2) is 5.91 Å². The summed E-state index contributed by atoms with van der Waals surface area (Å²) in [6, 6.07) is 3.94. The van der Waals surface area contributed by atoms with Gasteiger partial charge in [-0.25, -0.2) is 4.39 Å². The summed E-state index contributed by atoms with van der Waals surface area (Å²) < 4.78 is 12.8. The average Bonchev–Trinajstić information content (AvgIpc) is 2.18. The van der Waals surface area contributed by atoms with Gasteiger partial charge in [-0.3, -0.25) is 4.79 Å². The van der Waals surface area contributed by atoms with Gasteiger partial charge in [-0.2, -0.15) is 0 Å². The van der Waals surface area contributed by atoms with E-state index in [2.05, 4.69) is 26.1 Å². The minimum absolute atomic E-state index is 0.0989. The second-order valence-electron chi connectivity index (χ2n) is 5.34. The van der Waals surface area contributed by atoms with Crippen molar-refractivity contribution in [2.24, 2.45) is 5.41 Å². The van der Waals surface area contributed by atoms with E-state index in [1.807, 2.05) is 0 Å². The molecule has 0 saturated carbocycles. The summed E-state index contributed by atoms with van der Waals surface area (Å²) in [5.74, 6) is -0.506. The Labute approximate surface area is 101 Å². The first kappa shape index (κ1) is 13.5. The Bertz CT molecular complexity index is 410. The topological polar surface area (TPSA) is 55.1 Å². The molecule has 1 rings (SSSR count). The predicted molar refractivity (Wildman–Crippen MR) is 68.1 cm³/mol. The SMILES string of the molecule is CC(C)(C)CCC(=O)Nc1ccc(F)cc1N. The summed E-state index contributed by atoms with van der Waals surface area (Å²) in [5, 5.41) is 2.68. The molecule has 0 unspecified atom stereocenters. The van der Waals surface area contributed by atoms with Crippen molar-refractivity contribution >= 4 is 17.3 Å². The molecule has 0 aromatic heterocycles. The molecule has 1 aromatic carbocycles. The van der Waals surface area contributed by atoms with E-state index < -0.39 is 5.82 Å². The monoisotopic (exact) mass is 238 g/mol. The number of carbonyl (C=O) groups is 1. The van der Waals surface area contributed by atoms with E-state index in [0.29, 0.717) is 12.1 Å². The van der Waals surface area contributed by atoms with Gasteiger partial charge in [-0.1, -0.05) is 20.8 Å². The van der Waals surface area contributed by atoms with Gasteiger partial charge in [0.1, 0.15) is 5.82 Å². The van der Waals surface area contributed by atoms with Crippen LogP contribution in [0, 0.1) is 11.2 Å². The number of halogens is 1. The lowest BCUT2D eigenvalue weighted by Gasteiger charge is -2.17. The van der Waals surface area contributed by atoms with E-state index in [1.165, 1.54) is 18.2 Å². The summed E-state index contributed by atoms with van der Waals surface area (Å²) in [7, 11) is 0. The molecule has 0 bridgehead atoms. The Morgan fingerprint density at radius 3 is 2.59 bits per heavy atom. The lowest BCUT2D eigenvalue weighted by molar-refractivity contribution is -0.116. The Kier molecular flexibility index (Phi) is 4.10. The molecular formula is C13H19FN2O. The number of nitrogen functional groups attached to an aromatic ring is 1. The van der Waals surface area contributed by atoms with Crippen LogP contribution in [0.25, 0.3) is 0 Å². The second kappa shape index (κ2) is 5.17. The Morgan fingerprint density at radius 2 is 2.06 bits per heavy atom. The molecule has 0 radical (unpaired) electrons. The van der Waals surface area contributed by atoms with E-state index in [0.717, 1.165) is 6.42 Å². The molecule has 0 aliphatic carbocycles. The maximum atomic E-state index is 12.8. The normalized spacial score (nSPS) is 11.3. The van der Waals surface area contributed by atoms with Gasteiger partial charge in [-0.15, -0.1) is 0 Å². The van der Waals surface area contributed by atoms with Gasteiger partial charge in [0, 0.05) is 6.42 Å². The highest BCUT2D eigenvalue weighted by molar-refractivity contribution is 5.93. The standard InChI is InChI=1S/C13H19FN2O/c1-13(2,3)7-6-12(17)16-11-5-4-9(14)8-10(11)15/h4-5,8H,6-7,15H2,1-3H3,(H,16,17). The number of hydrogen-bond acceptors (Lipinski definition) is 2. The smallest absolute Gasteiger partial charge is 0.224 e. The maximum absolute atomic E-state index is 12.8. The largest absolute Gasteiger partial charge is 0.397 e. The summed E-state index contributed by atoms with van der Waals surface area (Å²) >= 11 is 0. The van der Waals surface area contributed by atoms with Crippen LogP contribution in [-0.2, 0) is 4.79 Å². The zero-order valence-electron chi connectivity index (χ0n) is 10.5. The van der Waals surface area contributed by atoms with E-state index in [1.54, 1.807) is 0 Å². The number of amides is 1. The van der Waals surface area contributed by atoms with Crippen molar-refractivity contribution in [3.63, 3.8) is 0 Å². The number of rotatable bonds is 3. The van der Waals surface area contributed by atoms with Crippen molar-refractivity contribution in [1.29, 1.82) is 0 Å². The Morgan fingerprint density at radius 1 is 1.41 bits per heavy atom. The Hall–Kier alpha value is -1.58. The van der Waals surface area contributed by atoms with E-state index in [4.69, 9.17) is 5.73 Å². The van der Waals surface area contributed by atoms with Gasteiger partial charge in [0.2, 0.25) is 5.91 Å². The molecule has 0 heterocycles. The third kappa shape index (κ3) is 4.85. The van der Waals surface area contributed by atoms with Crippen molar-refractivity contribution in [2.45, 2.75) is 33.6 Å². The first-order valence-corrected chi connectivity index (χ1v) is 5.63. The molecule has 1 aromatic rings. The van der Waals surface area contributed by atoms with E-state index >= 15 is 0 Å². The average molecular weight is 238 g/mol. The number of anilines is 2. The fraction of sp³-hybridized carbons (Fsp3) is 0.462. The van der Waals surface area contributed by atoms with E-state index in [-0.39, 0.29) is 17.0 Å². The molecule has 0 fully saturated rings. The molecule has 0 saturated heterocycles. The minimum atomic E-state index is -0.407. The first-order valence-electron chi connectivity index (χ1n) is 5.63. The number of benzene rings is 1. The molecular weight excluding hydrogens is 219 g/mol. The van der Waals surface area contributed by atoms with Crippen LogP contribution < -0.4 is 11.1 Å². The van der Waals surface area contributed by atoms with Gasteiger partial charge in [-0.05, 0) is 30.0 Å². The quantitative estimate of drug-likeness (QED) is 0.795. The van der Waals surface area contributed by atoms with Crippen LogP contribution in [0.5, 0.6) is 0 Å². The summed E-state index contributed by atoms with van der Waals surface area (Å²) in [6.07, 6.45) is 1.22.